The number of nitrogens with zero attached hydrogens (tertiary/aromatic N) is 1. The van der Waals surface area contributed by atoms with Crippen LogP contribution >= 0.6 is 0 Å². The molecule has 1 aliphatic heterocycles. The van der Waals surface area contributed by atoms with Gasteiger partial charge in [-0.25, -0.2) is 0 Å². The van der Waals surface area contributed by atoms with E-state index in [1.807, 2.05) is 38.1 Å². The molecule has 116 valence electrons. The third-order valence-electron chi connectivity index (χ3n) is 3.65. The monoisotopic (exact) mass is 292 g/mol. The first-order chi connectivity index (χ1) is 10.1. The molecule has 1 atom stereocenters. The van der Waals surface area contributed by atoms with Gasteiger partial charge in [-0.2, -0.15) is 0 Å². The van der Waals surface area contributed by atoms with Crippen LogP contribution in [0.1, 0.15) is 25.5 Å². The van der Waals surface area contributed by atoms with Crippen molar-refractivity contribution in [3.63, 3.8) is 0 Å². The van der Waals surface area contributed by atoms with Crippen LogP contribution in [0.2, 0.25) is 0 Å². The summed E-state index contributed by atoms with van der Waals surface area (Å²) in [6.07, 6.45) is -0.675. The Hall–Kier alpha value is -1.59. The van der Waals surface area contributed by atoms with Gasteiger partial charge in [0.05, 0.1) is 19.3 Å². The molecule has 0 radical (unpaired) electrons. The Labute approximate surface area is 125 Å². The average Bonchev–Trinajstić information content (AvgIpc) is 2.53. The van der Waals surface area contributed by atoms with Crippen LogP contribution in [-0.4, -0.2) is 43.9 Å². The average molecular weight is 292 g/mol. The van der Waals surface area contributed by atoms with Crippen LogP contribution in [0.4, 0.5) is 5.69 Å². The number of rotatable bonds is 5. The summed E-state index contributed by atoms with van der Waals surface area (Å²) in [6.45, 7) is 7.21. The highest BCUT2D eigenvalue weighted by molar-refractivity contribution is 5.77. The molecule has 0 saturated carbocycles. The summed E-state index contributed by atoms with van der Waals surface area (Å²) in [7, 11) is 0. The fourth-order valence-electron chi connectivity index (χ4n) is 2.25. The van der Waals surface area contributed by atoms with Gasteiger partial charge in [-0.15, -0.1) is 0 Å². The number of nitrogens with one attached hydrogen (secondary N) is 1. The third-order valence-corrected chi connectivity index (χ3v) is 3.65. The Morgan fingerprint density at radius 1 is 1.29 bits per heavy atom. The van der Waals surface area contributed by atoms with Crippen LogP contribution in [0.25, 0.3) is 0 Å². The number of hydrogen-bond acceptors (Lipinski definition) is 4. The second-order valence-corrected chi connectivity index (χ2v) is 5.61. The number of carbonyl (C=O) groups excluding carboxylic acids is 1. The summed E-state index contributed by atoms with van der Waals surface area (Å²) in [5, 5.41) is 12.8. The van der Waals surface area contributed by atoms with Gasteiger partial charge in [0.15, 0.2) is 0 Å². The molecule has 2 N–H and O–H groups in total. The minimum atomic E-state index is -0.675. The van der Waals surface area contributed by atoms with Crippen LogP contribution in [0, 0.1) is 5.92 Å². The predicted octanol–water partition coefficient (Wildman–Crippen LogP) is 1.33. The summed E-state index contributed by atoms with van der Waals surface area (Å²) in [5.41, 5.74) is 1.96. The Morgan fingerprint density at radius 2 is 1.90 bits per heavy atom. The van der Waals surface area contributed by atoms with Gasteiger partial charge in [0, 0.05) is 31.2 Å². The quantitative estimate of drug-likeness (QED) is 0.859. The van der Waals surface area contributed by atoms with Crippen molar-refractivity contribution in [2.24, 2.45) is 5.92 Å². The van der Waals surface area contributed by atoms with E-state index < -0.39 is 6.10 Å². The van der Waals surface area contributed by atoms with E-state index in [-0.39, 0.29) is 18.4 Å². The number of benzene rings is 1. The largest absolute Gasteiger partial charge is 0.387 e. The lowest BCUT2D eigenvalue weighted by Crippen LogP contribution is -2.36. The van der Waals surface area contributed by atoms with Crippen molar-refractivity contribution >= 4 is 11.6 Å². The van der Waals surface area contributed by atoms with Crippen molar-refractivity contribution in [1.29, 1.82) is 0 Å². The molecule has 5 nitrogen and oxygen atoms in total. The number of ether oxygens (including phenoxy) is 1. The lowest BCUT2D eigenvalue weighted by atomic mass is 10.1. The van der Waals surface area contributed by atoms with E-state index in [4.69, 9.17) is 4.74 Å². The number of morpholine rings is 1. The van der Waals surface area contributed by atoms with E-state index in [2.05, 4.69) is 10.2 Å². The maximum atomic E-state index is 11.5. The molecule has 1 aliphatic rings. The smallest absolute Gasteiger partial charge is 0.222 e. The molecule has 1 aromatic rings. The maximum absolute atomic E-state index is 11.5. The highest BCUT2D eigenvalue weighted by atomic mass is 16.5. The molecule has 1 unspecified atom stereocenters. The van der Waals surface area contributed by atoms with Crippen molar-refractivity contribution in [1.82, 2.24) is 5.32 Å². The summed E-state index contributed by atoms with van der Waals surface area (Å²) in [4.78, 5) is 13.8. The van der Waals surface area contributed by atoms with E-state index in [1.165, 1.54) is 0 Å². The van der Waals surface area contributed by atoms with Crippen molar-refractivity contribution in [2.75, 3.05) is 37.7 Å². The molecule has 1 saturated heterocycles. The molecule has 0 spiro atoms. The SMILES string of the molecule is CC(C)C(=O)NCC(O)c1ccc(N2CCOCC2)cc1. The van der Waals surface area contributed by atoms with Crippen LogP contribution < -0.4 is 10.2 Å². The topological polar surface area (TPSA) is 61.8 Å². The van der Waals surface area contributed by atoms with E-state index in [9.17, 15) is 9.90 Å². The number of carbonyl (C=O) groups is 1. The van der Waals surface area contributed by atoms with E-state index in [0.717, 1.165) is 37.6 Å². The Balaban J connectivity index is 1.90. The number of anilines is 1. The molecule has 1 aromatic carbocycles. The fourth-order valence-corrected chi connectivity index (χ4v) is 2.25. The lowest BCUT2D eigenvalue weighted by Gasteiger charge is -2.29. The van der Waals surface area contributed by atoms with Gasteiger partial charge in [0.1, 0.15) is 0 Å². The first kappa shape index (κ1) is 15.8. The molecule has 2 rings (SSSR count). The van der Waals surface area contributed by atoms with Gasteiger partial charge in [0.25, 0.3) is 0 Å². The van der Waals surface area contributed by atoms with Crippen molar-refractivity contribution in [3.05, 3.63) is 29.8 Å². The molecule has 1 heterocycles. The zero-order chi connectivity index (χ0) is 15.2. The zero-order valence-corrected chi connectivity index (χ0v) is 12.7. The van der Waals surface area contributed by atoms with Crippen LogP contribution in [0.15, 0.2) is 24.3 Å². The molecule has 5 heteroatoms. The number of aliphatic hydroxyl groups excluding tert-OH is 1. The van der Waals surface area contributed by atoms with Crippen LogP contribution in [0.3, 0.4) is 0 Å². The highest BCUT2D eigenvalue weighted by Crippen LogP contribution is 2.20. The van der Waals surface area contributed by atoms with Crippen LogP contribution in [-0.2, 0) is 9.53 Å². The minimum Gasteiger partial charge on any atom is -0.387 e. The standard InChI is InChI=1S/C16H24N2O3/c1-12(2)16(20)17-11-15(19)13-3-5-14(6-4-13)18-7-9-21-10-8-18/h3-6,12,15,19H,7-11H2,1-2H3,(H,17,20). The van der Waals surface area contributed by atoms with Gasteiger partial charge in [0.2, 0.25) is 5.91 Å². The van der Waals surface area contributed by atoms with E-state index in [0.29, 0.717) is 0 Å². The normalized spacial score (nSPS) is 16.9. The summed E-state index contributed by atoms with van der Waals surface area (Å²) < 4.78 is 5.33. The lowest BCUT2D eigenvalue weighted by molar-refractivity contribution is -0.124. The van der Waals surface area contributed by atoms with Crippen molar-refractivity contribution in [3.8, 4) is 0 Å². The van der Waals surface area contributed by atoms with E-state index >= 15 is 0 Å². The van der Waals surface area contributed by atoms with Gasteiger partial charge < -0.3 is 20.1 Å². The van der Waals surface area contributed by atoms with Crippen LogP contribution in [0.5, 0.6) is 0 Å². The molecule has 0 aromatic heterocycles. The molecule has 21 heavy (non-hydrogen) atoms. The Morgan fingerprint density at radius 3 is 2.48 bits per heavy atom. The Bertz CT molecular complexity index is 453. The fraction of sp³-hybridized carbons (Fsp3) is 0.562. The molecule has 0 bridgehead atoms. The van der Waals surface area contributed by atoms with Gasteiger partial charge in [-0.05, 0) is 17.7 Å². The molecular formula is C16H24N2O3. The number of amides is 1. The second-order valence-electron chi connectivity index (χ2n) is 5.61. The summed E-state index contributed by atoms with van der Waals surface area (Å²) in [6, 6.07) is 7.84. The summed E-state index contributed by atoms with van der Waals surface area (Å²) in [5.74, 6) is -0.111. The van der Waals surface area contributed by atoms with Gasteiger partial charge in [-0.1, -0.05) is 26.0 Å². The van der Waals surface area contributed by atoms with E-state index in [1.54, 1.807) is 0 Å². The first-order valence-corrected chi connectivity index (χ1v) is 7.46. The highest BCUT2D eigenvalue weighted by Gasteiger charge is 2.14. The van der Waals surface area contributed by atoms with Gasteiger partial charge in [-0.3, -0.25) is 4.79 Å². The minimum absolute atomic E-state index is 0.0426. The molecule has 1 amide bonds. The van der Waals surface area contributed by atoms with Crippen molar-refractivity contribution in [2.45, 2.75) is 20.0 Å². The summed E-state index contributed by atoms with van der Waals surface area (Å²) >= 11 is 0. The molecule has 0 aliphatic carbocycles. The maximum Gasteiger partial charge on any atom is 0.222 e. The first-order valence-electron chi connectivity index (χ1n) is 7.46. The predicted molar refractivity (Wildman–Crippen MR) is 82.3 cm³/mol. The Kier molecular flexibility index (Phi) is 5.59. The molecular weight excluding hydrogens is 268 g/mol. The number of hydrogen-bond donors (Lipinski definition) is 2. The van der Waals surface area contributed by atoms with Gasteiger partial charge >= 0.3 is 0 Å². The van der Waals surface area contributed by atoms with Crippen molar-refractivity contribution < 1.29 is 14.6 Å². The second kappa shape index (κ2) is 7.43. The zero-order valence-electron chi connectivity index (χ0n) is 12.7. The number of aliphatic hydroxyl groups is 1. The third kappa shape index (κ3) is 4.44. The molecule has 1 fully saturated rings.